The van der Waals surface area contributed by atoms with E-state index in [4.69, 9.17) is 5.26 Å². The van der Waals surface area contributed by atoms with Crippen LogP contribution in [-0.2, 0) is 4.79 Å². The molecule has 5 heteroatoms. The van der Waals surface area contributed by atoms with Crippen LogP contribution in [-0.4, -0.2) is 34.4 Å². The number of aromatic nitrogens is 1. The lowest BCUT2D eigenvalue weighted by Crippen LogP contribution is -2.29. The lowest BCUT2D eigenvalue weighted by atomic mass is 10.2. The van der Waals surface area contributed by atoms with Crippen molar-refractivity contribution in [3.63, 3.8) is 0 Å². The van der Waals surface area contributed by atoms with Gasteiger partial charge < -0.3 is 10.2 Å². The second-order valence-corrected chi connectivity index (χ2v) is 4.87. The topological polar surface area (TPSA) is 69.0 Å². The molecule has 2 fully saturated rings. The third-order valence-corrected chi connectivity index (χ3v) is 3.39. The Morgan fingerprint density at radius 3 is 2.89 bits per heavy atom. The van der Waals surface area contributed by atoms with E-state index in [0.29, 0.717) is 18.2 Å². The minimum absolute atomic E-state index is 0.160. The van der Waals surface area contributed by atoms with Crippen LogP contribution in [0.2, 0.25) is 0 Å². The number of hydrogen-bond acceptors (Lipinski definition) is 4. The van der Waals surface area contributed by atoms with E-state index in [9.17, 15) is 4.79 Å². The Hall–Kier alpha value is -2.09. The summed E-state index contributed by atoms with van der Waals surface area (Å²) in [5, 5.41) is 12.0. The van der Waals surface area contributed by atoms with Crippen LogP contribution in [0.4, 0.5) is 5.69 Å². The van der Waals surface area contributed by atoms with Crippen molar-refractivity contribution in [2.45, 2.75) is 31.3 Å². The van der Waals surface area contributed by atoms with Crippen LogP contribution in [0.1, 0.15) is 25.0 Å². The van der Waals surface area contributed by atoms with Gasteiger partial charge in [0.15, 0.2) is 0 Å². The van der Waals surface area contributed by atoms with Gasteiger partial charge in [0.25, 0.3) is 0 Å². The summed E-state index contributed by atoms with van der Waals surface area (Å²) in [4.78, 5) is 17.8. The van der Waals surface area contributed by atoms with E-state index in [1.165, 1.54) is 0 Å². The highest BCUT2D eigenvalue weighted by atomic mass is 16.2. The zero-order valence-corrected chi connectivity index (χ0v) is 9.97. The summed E-state index contributed by atoms with van der Waals surface area (Å²) in [6.45, 7) is 0.781. The predicted molar refractivity (Wildman–Crippen MR) is 65.7 cm³/mol. The van der Waals surface area contributed by atoms with Crippen LogP contribution in [0, 0.1) is 11.3 Å². The average molecular weight is 242 g/mol. The lowest BCUT2D eigenvalue weighted by Gasteiger charge is -2.16. The molecule has 1 saturated heterocycles. The minimum atomic E-state index is 0.160. The van der Waals surface area contributed by atoms with E-state index in [0.717, 1.165) is 25.1 Å². The molecule has 1 aliphatic heterocycles. The van der Waals surface area contributed by atoms with E-state index >= 15 is 0 Å². The van der Waals surface area contributed by atoms with Gasteiger partial charge in [0.1, 0.15) is 11.8 Å². The first-order chi connectivity index (χ1) is 8.76. The minimum Gasteiger partial charge on any atom is -0.379 e. The maximum Gasteiger partial charge on any atom is 0.225 e. The molecule has 3 rings (SSSR count). The summed E-state index contributed by atoms with van der Waals surface area (Å²) in [6.07, 6.45) is 4.49. The number of carbonyl (C=O) groups is 1. The highest BCUT2D eigenvalue weighted by molar-refractivity contribution is 5.80. The third kappa shape index (κ3) is 2.14. The van der Waals surface area contributed by atoms with E-state index in [1.807, 2.05) is 17.0 Å². The third-order valence-electron chi connectivity index (χ3n) is 3.39. The Morgan fingerprint density at radius 1 is 1.44 bits per heavy atom. The maximum absolute atomic E-state index is 11.8. The number of amides is 1. The fourth-order valence-electron chi connectivity index (χ4n) is 2.35. The SMILES string of the molecule is N#Cc1ccc(N[C@@H]2CC(=O)N(C3CC3)C2)cn1. The van der Waals surface area contributed by atoms with Crippen molar-refractivity contribution >= 4 is 11.6 Å². The van der Waals surface area contributed by atoms with Crippen LogP contribution in [0.15, 0.2) is 18.3 Å². The van der Waals surface area contributed by atoms with Gasteiger partial charge in [0.2, 0.25) is 5.91 Å². The molecule has 1 aromatic rings. The lowest BCUT2D eigenvalue weighted by molar-refractivity contribution is -0.128. The number of rotatable bonds is 3. The molecule has 2 heterocycles. The van der Waals surface area contributed by atoms with Gasteiger partial charge in [0, 0.05) is 19.0 Å². The first kappa shape index (κ1) is 11.0. The molecular formula is C13H14N4O. The summed E-state index contributed by atoms with van der Waals surface area (Å²) < 4.78 is 0. The zero-order chi connectivity index (χ0) is 12.5. The number of likely N-dealkylation sites (tertiary alicyclic amines) is 1. The molecule has 1 N–H and O–H groups in total. The predicted octanol–water partition coefficient (Wildman–Crippen LogP) is 1.13. The number of pyridine rings is 1. The van der Waals surface area contributed by atoms with Crippen molar-refractivity contribution < 1.29 is 4.79 Å². The molecule has 0 radical (unpaired) electrons. The Balaban J connectivity index is 1.63. The van der Waals surface area contributed by atoms with Crippen molar-refractivity contribution in [1.29, 1.82) is 5.26 Å². The van der Waals surface area contributed by atoms with E-state index in [1.54, 1.807) is 12.3 Å². The molecule has 1 atom stereocenters. The molecule has 18 heavy (non-hydrogen) atoms. The molecule has 0 spiro atoms. The van der Waals surface area contributed by atoms with Crippen LogP contribution in [0.25, 0.3) is 0 Å². The van der Waals surface area contributed by atoms with Crippen molar-refractivity contribution in [2.24, 2.45) is 0 Å². The van der Waals surface area contributed by atoms with Gasteiger partial charge >= 0.3 is 0 Å². The van der Waals surface area contributed by atoms with Gasteiger partial charge in [0.05, 0.1) is 17.9 Å². The Morgan fingerprint density at radius 2 is 2.28 bits per heavy atom. The fraction of sp³-hybridized carbons (Fsp3) is 0.462. The van der Waals surface area contributed by atoms with Crippen LogP contribution < -0.4 is 5.32 Å². The smallest absolute Gasteiger partial charge is 0.225 e. The molecule has 92 valence electrons. The molecular weight excluding hydrogens is 228 g/mol. The van der Waals surface area contributed by atoms with E-state index in [-0.39, 0.29) is 11.9 Å². The maximum atomic E-state index is 11.8. The summed E-state index contributed by atoms with van der Waals surface area (Å²) in [6, 6.07) is 6.14. The number of nitrogens with zero attached hydrogens (tertiary/aromatic N) is 3. The van der Waals surface area contributed by atoms with Gasteiger partial charge in [-0.1, -0.05) is 0 Å². The summed E-state index contributed by atoms with van der Waals surface area (Å²) >= 11 is 0. The van der Waals surface area contributed by atoms with Gasteiger partial charge in [-0.25, -0.2) is 4.98 Å². The molecule has 0 bridgehead atoms. The molecule has 1 amide bonds. The average Bonchev–Trinajstić information content (AvgIpc) is 3.15. The highest BCUT2D eigenvalue weighted by Crippen LogP contribution is 2.31. The first-order valence-electron chi connectivity index (χ1n) is 6.18. The second kappa shape index (κ2) is 4.30. The molecule has 0 unspecified atom stereocenters. The molecule has 1 saturated carbocycles. The number of carbonyl (C=O) groups excluding carboxylic acids is 1. The van der Waals surface area contributed by atoms with Gasteiger partial charge in [-0.15, -0.1) is 0 Å². The van der Waals surface area contributed by atoms with Crippen molar-refractivity contribution in [3.05, 3.63) is 24.0 Å². The zero-order valence-electron chi connectivity index (χ0n) is 9.97. The van der Waals surface area contributed by atoms with Gasteiger partial charge in [-0.3, -0.25) is 4.79 Å². The molecule has 5 nitrogen and oxygen atoms in total. The normalized spacial score (nSPS) is 22.9. The van der Waals surface area contributed by atoms with Crippen molar-refractivity contribution in [3.8, 4) is 6.07 Å². The Kier molecular flexibility index (Phi) is 2.63. The summed E-state index contributed by atoms with van der Waals surface area (Å²) in [7, 11) is 0. The highest BCUT2D eigenvalue weighted by Gasteiger charge is 2.39. The van der Waals surface area contributed by atoms with E-state index < -0.39 is 0 Å². The van der Waals surface area contributed by atoms with E-state index in [2.05, 4.69) is 10.3 Å². The summed E-state index contributed by atoms with van der Waals surface area (Å²) in [5.74, 6) is 0.247. The Labute approximate surface area is 105 Å². The number of hydrogen-bond donors (Lipinski definition) is 1. The van der Waals surface area contributed by atoms with Crippen molar-refractivity contribution in [1.82, 2.24) is 9.88 Å². The molecule has 1 aliphatic carbocycles. The largest absolute Gasteiger partial charge is 0.379 e. The molecule has 2 aliphatic rings. The number of nitrogens with one attached hydrogen (secondary N) is 1. The van der Waals surface area contributed by atoms with Crippen molar-refractivity contribution in [2.75, 3.05) is 11.9 Å². The van der Waals surface area contributed by atoms with Crippen LogP contribution >= 0.6 is 0 Å². The fourth-order valence-corrected chi connectivity index (χ4v) is 2.35. The number of nitriles is 1. The van der Waals surface area contributed by atoms with Crippen LogP contribution in [0.3, 0.4) is 0 Å². The van der Waals surface area contributed by atoms with Gasteiger partial charge in [-0.05, 0) is 25.0 Å². The van der Waals surface area contributed by atoms with Gasteiger partial charge in [-0.2, -0.15) is 5.26 Å². The number of anilines is 1. The molecule has 1 aromatic heterocycles. The Bertz CT molecular complexity index is 501. The standard InChI is InChI=1S/C13H14N4O/c14-6-9-1-2-10(7-15-9)16-11-5-13(18)17(8-11)12-3-4-12/h1-2,7,11-12,16H,3-5,8H2/t11-/m1/s1. The molecule has 0 aromatic carbocycles. The summed E-state index contributed by atoms with van der Waals surface area (Å²) in [5.41, 5.74) is 1.27. The second-order valence-electron chi connectivity index (χ2n) is 4.87. The quantitative estimate of drug-likeness (QED) is 0.862. The monoisotopic (exact) mass is 242 g/mol. The first-order valence-corrected chi connectivity index (χ1v) is 6.18. The van der Waals surface area contributed by atoms with Crippen LogP contribution in [0.5, 0.6) is 0 Å².